The van der Waals surface area contributed by atoms with Crippen LogP contribution in [0.25, 0.3) is 0 Å². The van der Waals surface area contributed by atoms with Crippen molar-refractivity contribution >= 4 is 12.2 Å². The topological polar surface area (TPSA) is 76.2 Å². The van der Waals surface area contributed by atoms with Crippen LogP contribution in [-0.2, 0) is 9.53 Å². The molecule has 0 unspecified atom stereocenters. The van der Waals surface area contributed by atoms with E-state index in [-0.39, 0.29) is 17.8 Å². The highest BCUT2D eigenvalue weighted by atomic mass is 16.6. The number of hydrogen-bond donors (Lipinski definition) is 0. The van der Waals surface area contributed by atoms with Gasteiger partial charge in [0.2, 0.25) is 0 Å². The molecule has 0 aromatic rings. The quantitative estimate of drug-likeness (QED) is 0.139. The summed E-state index contributed by atoms with van der Waals surface area (Å²) in [6.07, 6.45) is 6.90. The van der Waals surface area contributed by atoms with Gasteiger partial charge in [0.25, 0.3) is 0 Å². The highest BCUT2D eigenvalue weighted by Gasteiger charge is 2.28. The van der Waals surface area contributed by atoms with Crippen LogP contribution < -0.4 is 0 Å². The number of ether oxygens (including phenoxy) is 1. The number of carbonyl (C=O) groups excluding carboxylic acids is 1. The highest BCUT2D eigenvalue weighted by molar-refractivity contribution is 5.69. The van der Waals surface area contributed by atoms with Crippen LogP contribution in [0.1, 0.15) is 93.4 Å². The Kier molecular flexibility index (Phi) is 9.18. The van der Waals surface area contributed by atoms with Crippen LogP contribution in [-0.4, -0.2) is 28.1 Å². The van der Waals surface area contributed by atoms with Crippen molar-refractivity contribution in [2.45, 2.75) is 105 Å². The first-order chi connectivity index (χ1) is 11.3. The van der Waals surface area contributed by atoms with Crippen molar-refractivity contribution in [1.82, 2.24) is 0 Å². The summed E-state index contributed by atoms with van der Waals surface area (Å²) in [6.45, 7) is 13.1. The van der Waals surface area contributed by atoms with E-state index in [1.165, 1.54) is 0 Å². The summed E-state index contributed by atoms with van der Waals surface area (Å²) in [7, 11) is 0. The molecule has 0 spiro atoms. The minimum Gasteiger partial charge on any atom is -0.624 e. The Hall–Kier alpha value is -1.57. The van der Waals surface area contributed by atoms with E-state index in [9.17, 15) is 10.0 Å². The van der Waals surface area contributed by atoms with Gasteiger partial charge in [-0.15, -0.1) is 0 Å². The zero-order valence-electron chi connectivity index (χ0n) is 17.1. The second kappa shape index (κ2) is 9.79. The SMILES string of the molecule is CC(C)(C#N)CCCCC/C=[N+](\[O-])C(C)(C)CCC(=O)OC(C)(C)C. The van der Waals surface area contributed by atoms with Crippen molar-refractivity contribution in [1.29, 1.82) is 5.26 Å². The normalized spacial score (nSPS) is 13.4. The average Bonchev–Trinajstić information content (AvgIpc) is 2.46. The maximum atomic E-state index is 12.3. The van der Waals surface area contributed by atoms with Crippen LogP contribution in [0.5, 0.6) is 0 Å². The first-order valence-corrected chi connectivity index (χ1v) is 9.22. The molecule has 0 saturated heterocycles. The maximum absolute atomic E-state index is 12.3. The van der Waals surface area contributed by atoms with E-state index in [0.717, 1.165) is 30.4 Å². The lowest BCUT2D eigenvalue weighted by molar-refractivity contribution is -0.538. The molecular weight excluding hydrogens is 316 g/mol. The molecule has 0 aliphatic rings. The molecule has 0 saturated carbocycles. The average molecular weight is 353 g/mol. The zero-order valence-corrected chi connectivity index (χ0v) is 17.1. The number of nitriles is 1. The summed E-state index contributed by atoms with van der Waals surface area (Å²) in [5.74, 6) is -0.269. The van der Waals surface area contributed by atoms with E-state index >= 15 is 0 Å². The second-order valence-electron chi connectivity index (χ2n) is 9.00. The van der Waals surface area contributed by atoms with E-state index in [2.05, 4.69) is 6.07 Å². The Morgan fingerprint density at radius 3 is 2.20 bits per heavy atom. The third kappa shape index (κ3) is 11.6. The molecule has 0 N–H and O–H groups in total. The lowest BCUT2D eigenvalue weighted by Crippen LogP contribution is -2.34. The molecule has 25 heavy (non-hydrogen) atoms. The molecule has 0 aromatic heterocycles. The maximum Gasteiger partial charge on any atom is 0.306 e. The number of nitrogens with zero attached hydrogens (tertiary/aromatic N) is 2. The predicted octanol–water partition coefficient (Wildman–Crippen LogP) is 4.97. The van der Waals surface area contributed by atoms with E-state index in [1.807, 2.05) is 48.5 Å². The molecule has 0 aromatic carbocycles. The van der Waals surface area contributed by atoms with E-state index in [4.69, 9.17) is 10.00 Å². The molecule has 0 aliphatic heterocycles. The number of hydroxylamine groups is 1. The summed E-state index contributed by atoms with van der Waals surface area (Å²) in [6, 6.07) is 2.30. The van der Waals surface area contributed by atoms with Crippen LogP contribution >= 0.6 is 0 Å². The van der Waals surface area contributed by atoms with Gasteiger partial charge in [-0.05, 0) is 47.5 Å². The molecular formula is C20H36N2O3. The summed E-state index contributed by atoms with van der Waals surface area (Å²) < 4.78 is 6.25. The number of carbonyl (C=O) groups is 1. The van der Waals surface area contributed by atoms with Crippen LogP contribution in [0.4, 0.5) is 0 Å². The van der Waals surface area contributed by atoms with Crippen molar-refractivity contribution in [2.75, 3.05) is 0 Å². The number of rotatable bonds is 10. The van der Waals surface area contributed by atoms with Gasteiger partial charge >= 0.3 is 5.97 Å². The molecule has 0 aliphatic carbocycles. The fourth-order valence-electron chi connectivity index (χ4n) is 2.31. The van der Waals surface area contributed by atoms with Crippen LogP contribution in [0.3, 0.4) is 0 Å². The van der Waals surface area contributed by atoms with Gasteiger partial charge in [0, 0.05) is 26.7 Å². The van der Waals surface area contributed by atoms with E-state index < -0.39 is 11.1 Å². The molecule has 0 amide bonds. The molecule has 0 bridgehead atoms. The zero-order chi connectivity index (χ0) is 19.7. The Morgan fingerprint density at radius 1 is 1.08 bits per heavy atom. The van der Waals surface area contributed by atoms with Gasteiger partial charge in [-0.3, -0.25) is 4.79 Å². The summed E-state index contributed by atoms with van der Waals surface area (Å²) >= 11 is 0. The first-order valence-electron chi connectivity index (χ1n) is 9.22. The minimum absolute atomic E-state index is 0.236. The number of hydrogen-bond acceptors (Lipinski definition) is 4. The highest BCUT2D eigenvalue weighted by Crippen LogP contribution is 2.22. The molecule has 144 valence electrons. The monoisotopic (exact) mass is 352 g/mol. The van der Waals surface area contributed by atoms with Gasteiger partial charge in [-0.2, -0.15) is 5.26 Å². The van der Waals surface area contributed by atoms with Crippen LogP contribution in [0.2, 0.25) is 0 Å². The van der Waals surface area contributed by atoms with Crippen molar-refractivity contribution in [3.63, 3.8) is 0 Å². The van der Waals surface area contributed by atoms with Gasteiger partial charge in [-0.1, -0.05) is 12.8 Å². The molecule has 5 nitrogen and oxygen atoms in total. The molecule has 0 heterocycles. The smallest absolute Gasteiger partial charge is 0.306 e. The van der Waals surface area contributed by atoms with Gasteiger partial charge in [0.1, 0.15) is 5.60 Å². The van der Waals surface area contributed by atoms with Crippen molar-refractivity contribution in [3.8, 4) is 6.07 Å². The number of esters is 1. The summed E-state index contributed by atoms with van der Waals surface area (Å²) in [5, 5.41) is 21.2. The van der Waals surface area contributed by atoms with Crippen LogP contribution in [0.15, 0.2) is 0 Å². The second-order valence-corrected chi connectivity index (χ2v) is 9.00. The minimum atomic E-state index is -0.625. The Balaban J connectivity index is 4.20. The van der Waals surface area contributed by atoms with Gasteiger partial charge in [-0.25, -0.2) is 4.74 Å². The Bertz CT molecular complexity index is 494. The Morgan fingerprint density at radius 2 is 1.68 bits per heavy atom. The van der Waals surface area contributed by atoms with Gasteiger partial charge in [0.15, 0.2) is 11.8 Å². The van der Waals surface area contributed by atoms with Crippen molar-refractivity contribution in [3.05, 3.63) is 5.21 Å². The van der Waals surface area contributed by atoms with Crippen molar-refractivity contribution in [2.24, 2.45) is 5.41 Å². The molecule has 0 radical (unpaired) electrons. The molecule has 0 atom stereocenters. The fourth-order valence-corrected chi connectivity index (χ4v) is 2.31. The van der Waals surface area contributed by atoms with Crippen LogP contribution in [0, 0.1) is 22.0 Å². The van der Waals surface area contributed by atoms with E-state index in [0.29, 0.717) is 12.8 Å². The fraction of sp³-hybridized carbons (Fsp3) is 0.850. The first kappa shape index (κ1) is 23.4. The summed E-state index contributed by atoms with van der Waals surface area (Å²) in [5.41, 5.74) is -1.39. The molecule has 0 fully saturated rings. The molecule has 5 heteroatoms. The lowest BCUT2D eigenvalue weighted by Gasteiger charge is -2.25. The third-order valence-electron chi connectivity index (χ3n) is 4.06. The van der Waals surface area contributed by atoms with Crippen molar-refractivity contribution < 1.29 is 14.3 Å². The largest absolute Gasteiger partial charge is 0.624 e. The lowest BCUT2D eigenvalue weighted by atomic mass is 9.89. The van der Waals surface area contributed by atoms with E-state index in [1.54, 1.807) is 6.21 Å². The standard InChI is InChI=1S/C20H36N2O3/c1-18(2,3)25-17(23)12-14-20(6,7)22(24)15-11-9-8-10-13-19(4,5)16-21/h15H,8-14H2,1-7H3/b22-15-. The van der Waals surface area contributed by atoms with Gasteiger partial charge in [0.05, 0.1) is 17.9 Å². The number of unbranched alkanes of at least 4 members (excludes halogenated alkanes) is 3. The molecule has 0 rings (SSSR count). The third-order valence-corrected chi connectivity index (χ3v) is 4.06. The summed E-state index contributed by atoms with van der Waals surface area (Å²) in [4.78, 5) is 11.8. The predicted molar refractivity (Wildman–Crippen MR) is 101 cm³/mol. The Labute approximate surface area is 153 Å². The van der Waals surface area contributed by atoms with Gasteiger partial charge < -0.3 is 9.94 Å².